The van der Waals surface area contributed by atoms with Crippen molar-refractivity contribution in [2.45, 2.75) is 13.2 Å². The van der Waals surface area contributed by atoms with Gasteiger partial charge in [0.2, 0.25) is 4.96 Å². The Hall–Kier alpha value is -4.70. The Morgan fingerprint density at radius 2 is 1.72 bits per heavy atom. The summed E-state index contributed by atoms with van der Waals surface area (Å²) in [5.41, 5.74) is 3.23. The van der Waals surface area contributed by atoms with Crippen LogP contribution in [0.3, 0.4) is 0 Å². The molecule has 0 atom stereocenters. The third-order valence-electron chi connectivity index (χ3n) is 6.14. The number of methoxy groups -OCH3 is 3. The molecule has 0 N–H and O–H groups in total. The highest BCUT2D eigenvalue weighted by Crippen LogP contribution is 2.37. The lowest BCUT2D eigenvalue weighted by atomic mass is 10.2. The first-order valence-corrected chi connectivity index (χ1v) is 12.9. The predicted octanol–water partition coefficient (Wildman–Crippen LogP) is 6.39. The van der Waals surface area contributed by atoms with Crippen LogP contribution < -0.4 is 23.7 Å². The maximum atomic E-state index is 6.26. The third-order valence-corrected chi connectivity index (χ3v) is 7.02. The molecule has 0 aliphatic rings. The van der Waals surface area contributed by atoms with Gasteiger partial charge in [0.05, 0.1) is 32.9 Å². The zero-order valence-electron chi connectivity index (χ0n) is 21.5. The van der Waals surface area contributed by atoms with Gasteiger partial charge in [0.1, 0.15) is 47.5 Å². The smallest absolute Gasteiger partial charge is 0.294 e. The van der Waals surface area contributed by atoms with E-state index >= 15 is 0 Å². The van der Waals surface area contributed by atoms with E-state index in [1.807, 2.05) is 66.7 Å². The summed E-state index contributed by atoms with van der Waals surface area (Å²) in [6.45, 7) is 0.731. The number of hydrogen-bond acceptors (Lipinski definition) is 9. The molecule has 0 saturated heterocycles. The van der Waals surface area contributed by atoms with Crippen LogP contribution in [0.25, 0.3) is 27.4 Å². The van der Waals surface area contributed by atoms with Crippen LogP contribution in [0.2, 0.25) is 0 Å². The van der Waals surface area contributed by atoms with Gasteiger partial charge in [-0.15, -0.1) is 5.10 Å². The van der Waals surface area contributed by atoms with Crippen LogP contribution >= 0.6 is 11.3 Å². The molecule has 3 aromatic heterocycles. The van der Waals surface area contributed by atoms with Crippen molar-refractivity contribution in [1.29, 1.82) is 0 Å². The van der Waals surface area contributed by atoms with E-state index in [-0.39, 0.29) is 0 Å². The van der Waals surface area contributed by atoms with Crippen molar-refractivity contribution >= 4 is 27.3 Å². The number of benzene rings is 3. The highest BCUT2D eigenvalue weighted by Gasteiger charge is 2.17. The summed E-state index contributed by atoms with van der Waals surface area (Å²) >= 11 is 1.36. The number of para-hydroxylation sites is 1. The van der Waals surface area contributed by atoms with E-state index in [1.54, 1.807) is 32.0 Å². The van der Waals surface area contributed by atoms with Gasteiger partial charge in [-0.1, -0.05) is 30.3 Å². The summed E-state index contributed by atoms with van der Waals surface area (Å²) < 4.78 is 36.2. The van der Waals surface area contributed by atoms with Gasteiger partial charge in [0, 0.05) is 17.7 Å². The summed E-state index contributed by atoms with van der Waals surface area (Å²) in [6.07, 6.45) is 1.81. The minimum Gasteiger partial charge on any atom is -0.496 e. The van der Waals surface area contributed by atoms with Crippen LogP contribution in [0.1, 0.15) is 11.1 Å². The lowest BCUT2D eigenvalue weighted by molar-refractivity contribution is 0.291. The number of fused-ring (bicyclic) bond motifs is 2. The van der Waals surface area contributed by atoms with E-state index in [0.717, 1.165) is 28.0 Å². The van der Waals surface area contributed by atoms with Crippen LogP contribution in [0.15, 0.2) is 77.3 Å². The highest BCUT2D eigenvalue weighted by molar-refractivity contribution is 7.18. The molecule has 0 saturated carbocycles. The van der Waals surface area contributed by atoms with Crippen molar-refractivity contribution in [2.24, 2.45) is 0 Å². The summed E-state index contributed by atoms with van der Waals surface area (Å²) in [5.74, 6) is 3.41. The largest absolute Gasteiger partial charge is 0.496 e. The fourth-order valence-electron chi connectivity index (χ4n) is 4.20. The summed E-state index contributed by atoms with van der Waals surface area (Å²) in [4.78, 5) is 5.34. The quantitative estimate of drug-likeness (QED) is 0.196. The topological polar surface area (TPSA) is 89.5 Å². The Morgan fingerprint density at radius 1 is 0.821 bits per heavy atom. The Morgan fingerprint density at radius 3 is 2.54 bits per heavy atom. The molecular weight excluding hydrogens is 518 g/mol. The number of ether oxygens (including phenoxy) is 5. The fraction of sp³-hybridized carbons (Fsp3) is 0.172. The first-order valence-electron chi connectivity index (χ1n) is 12.1. The van der Waals surface area contributed by atoms with E-state index < -0.39 is 0 Å². The molecule has 0 fully saturated rings. The molecule has 0 aliphatic heterocycles. The monoisotopic (exact) mass is 543 g/mol. The second-order valence-electron chi connectivity index (χ2n) is 8.61. The van der Waals surface area contributed by atoms with Crippen LogP contribution in [-0.2, 0) is 13.2 Å². The van der Waals surface area contributed by atoms with Crippen molar-refractivity contribution in [2.75, 3.05) is 21.3 Å². The van der Waals surface area contributed by atoms with Gasteiger partial charge in [0.15, 0.2) is 5.76 Å². The van der Waals surface area contributed by atoms with Gasteiger partial charge in [-0.05, 0) is 41.2 Å². The first kappa shape index (κ1) is 24.6. The van der Waals surface area contributed by atoms with Gasteiger partial charge in [0.25, 0.3) is 5.19 Å². The molecule has 10 heteroatoms. The molecule has 198 valence electrons. The van der Waals surface area contributed by atoms with Gasteiger partial charge in [-0.25, -0.2) is 9.50 Å². The highest BCUT2D eigenvalue weighted by atomic mass is 32.1. The van der Waals surface area contributed by atoms with Crippen molar-refractivity contribution in [1.82, 2.24) is 14.6 Å². The number of nitrogens with zero attached hydrogens (tertiary/aromatic N) is 3. The number of rotatable bonds is 10. The lowest BCUT2D eigenvalue weighted by Gasteiger charge is -2.12. The molecule has 0 unspecified atom stereocenters. The molecule has 3 aromatic carbocycles. The second-order valence-corrected chi connectivity index (χ2v) is 9.53. The van der Waals surface area contributed by atoms with Crippen molar-refractivity contribution < 1.29 is 28.1 Å². The number of imidazole rings is 1. The zero-order valence-corrected chi connectivity index (χ0v) is 22.4. The van der Waals surface area contributed by atoms with Crippen molar-refractivity contribution in [3.8, 4) is 39.6 Å². The molecule has 6 rings (SSSR count). The van der Waals surface area contributed by atoms with Gasteiger partial charge >= 0.3 is 0 Å². The first-order chi connectivity index (χ1) is 19.1. The average molecular weight is 544 g/mol. The van der Waals surface area contributed by atoms with E-state index in [2.05, 4.69) is 10.1 Å². The lowest BCUT2D eigenvalue weighted by Crippen LogP contribution is -2.00. The average Bonchev–Trinajstić information content (AvgIpc) is 3.68. The molecule has 0 bridgehead atoms. The second kappa shape index (κ2) is 10.6. The van der Waals surface area contributed by atoms with Crippen molar-refractivity contribution in [3.63, 3.8) is 0 Å². The number of aromatic nitrogens is 3. The third kappa shape index (κ3) is 5.06. The normalized spacial score (nSPS) is 11.2. The Bertz CT molecular complexity index is 1720. The van der Waals surface area contributed by atoms with E-state index in [1.165, 1.54) is 11.3 Å². The molecule has 9 nitrogen and oxygen atoms in total. The van der Waals surface area contributed by atoms with Crippen molar-refractivity contribution in [3.05, 3.63) is 84.1 Å². The predicted molar refractivity (Wildman–Crippen MR) is 147 cm³/mol. The van der Waals surface area contributed by atoms with Crippen LogP contribution in [0.4, 0.5) is 0 Å². The molecule has 0 amide bonds. The minimum atomic E-state index is 0.332. The molecule has 6 aromatic rings. The van der Waals surface area contributed by atoms with Crippen LogP contribution in [0.5, 0.6) is 28.2 Å². The fourth-order valence-corrected chi connectivity index (χ4v) is 4.90. The van der Waals surface area contributed by atoms with Gasteiger partial charge < -0.3 is 28.1 Å². The van der Waals surface area contributed by atoms with Crippen LogP contribution in [-0.4, -0.2) is 35.9 Å². The van der Waals surface area contributed by atoms with E-state index in [0.29, 0.717) is 51.9 Å². The Balaban J connectivity index is 1.21. The van der Waals surface area contributed by atoms with Gasteiger partial charge in [-0.2, -0.15) is 0 Å². The van der Waals surface area contributed by atoms with Crippen LogP contribution in [0, 0.1) is 0 Å². The number of hydrogen-bond donors (Lipinski definition) is 0. The molecule has 0 radical (unpaired) electrons. The maximum absolute atomic E-state index is 6.26. The molecule has 39 heavy (non-hydrogen) atoms. The SMILES string of the molecule is COc1cc(OCc2cccc(OCc3ccccc3OC)c2)c2cc(-c3cn4nc(OC)sc4n3)oc2c1. The molecule has 0 aliphatic carbocycles. The molecule has 0 spiro atoms. The molecule has 3 heterocycles. The molecular formula is C29H25N3O6S. The maximum Gasteiger partial charge on any atom is 0.294 e. The summed E-state index contributed by atoms with van der Waals surface area (Å²) in [6, 6.07) is 21.2. The van der Waals surface area contributed by atoms with E-state index in [9.17, 15) is 0 Å². The minimum absolute atomic E-state index is 0.332. The van der Waals surface area contributed by atoms with E-state index in [4.69, 9.17) is 28.1 Å². The zero-order chi connectivity index (χ0) is 26.8. The Kier molecular flexibility index (Phi) is 6.68. The van der Waals surface area contributed by atoms with Gasteiger partial charge in [-0.3, -0.25) is 0 Å². The summed E-state index contributed by atoms with van der Waals surface area (Å²) in [5, 5.41) is 5.69. The Labute approximate surface area is 228 Å². The standard InChI is InChI=1S/C29H25N3O6S/c1-33-21-12-25(22-14-27(38-26(22)13-21)23-15-32-28(30-23)39-29(31-32)35-3)37-16-18-7-6-9-20(11-18)36-17-19-8-4-5-10-24(19)34-2/h4-15H,16-17H2,1-3H3. The summed E-state index contributed by atoms with van der Waals surface area (Å²) in [7, 11) is 4.85. The number of furan rings is 1.